The minimum absolute atomic E-state index is 0.227. The highest BCUT2D eigenvalue weighted by atomic mass is 19.1. The molecule has 0 saturated carbocycles. The molecule has 3 aromatic rings. The average Bonchev–Trinajstić information content (AvgIpc) is 3.28. The molecule has 142 valence electrons. The molecule has 1 aromatic carbocycles. The van der Waals surface area contributed by atoms with Gasteiger partial charge in [-0.2, -0.15) is 0 Å². The van der Waals surface area contributed by atoms with Crippen molar-refractivity contribution in [3.05, 3.63) is 66.0 Å². The van der Waals surface area contributed by atoms with Gasteiger partial charge in [-0.25, -0.2) is 14.4 Å². The van der Waals surface area contributed by atoms with Gasteiger partial charge in [-0.3, -0.25) is 4.79 Å². The van der Waals surface area contributed by atoms with Crippen LogP contribution in [-0.2, 0) is 6.54 Å². The lowest BCUT2D eigenvalue weighted by atomic mass is 10.1. The molecule has 1 amide bonds. The molecule has 0 spiro atoms. The normalized spacial score (nSPS) is 13.5. The maximum atomic E-state index is 13.1. The third-order valence-corrected chi connectivity index (χ3v) is 4.61. The van der Waals surface area contributed by atoms with Crippen molar-refractivity contribution in [1.29, 1.82) is 0 Å². The molecule has 1 fully saturated rings. The van der Waals surface area contributed by atoms with Crippen LogP contribution in [-0.4, -0.2) is 39.2 Å². The number of nitrogens with one attached hydrogen (secondary N) is 1. The molecule has 4 rings (SSSR count). The van der Waals surface area contributed by atoms with Crippen LogP contribution in [0.2, 0.25) is 0 Å². The van der Waals surface area contributed by atoms with E-state index in [1.807, 2.05) is 6.07 Å². The Balaban J connectivity index is 1.39. The van der Waals surface area contributed by atoms with Crippen molar-refractivity contribution in [3.63, 3.8) is 0 Å². The standard InChI is InChI=1S/C20H19FN6O/c21-15-5-3-14(4-6-15)18-11-16(23-13-24-18)12-22-20(28)17-7-8-19(26-25-17)27-9-1-2-10-27/h3-8,11,13H,1-2,9-10,12H2,(H,22,28). The smallest absolute Gasteiger partial charge is 0.272 e. The maximum Gasteiger partial charge on any atom is 0.272 e. The number of hydrogen-bond donors (Lipinski definition) is 1. The van der Waals surface area contributed by atoms with E-state index in [1.165, 1.54) is 18.5 Å². The van der Waals surface area contributed by atoms with Crippen LogP contribution < -0.4 is 10.2 Å². The van der Waals surface area contributed by atoms with Gasteiger partial charge in [0.05, 0.1) is 17.9 Å². The number of anilines is 1. The molecule has 1 aliphatic rings. The molecule has 3 heterocycles. The number of rotatable bonds is 5. The van der Waals surface area contributed by atoms with E-state index in [0.29, 0.717) is 11.4 Å². The van der Waals surface area contributed by atoms with Gasteiger partial charge in [0.1, 0.15) is 12.1 Å². The van der Waals surface area contributed by atoms with Crippen molar-refractivity contribution in [2.24, 2.45) is 0 Å². The van der Waals surface area contributed by atoms with E-state index in [0.717, 1.165) is 37.3 Å². The summed E-state index contributed by atoms with van der Waals surface area (Å²) in [6.45, 7) is 2.18. The lowest BCUT2D eigenvalue weighted by Gasteiger charge is -2.15. The second-order valence-electron chi connectivity index (χ2n) is 6.56. The number of hydrogen-bond acceptors (Lipinski definition) is 6. The number of aromatic nitrogens is 4. The van der Waals surface area contributed by atoms with Crippen LogP contribution >= 0.6 is 0 Å². The molecule has 2 aromatic heterocycles. The maximum absolute atomic E-state index is 13.1. The van der Waals surface area contributed by atoms with Crippen LogP contribution in [0.25, 0.3) is 11.3 Å². The Labute approximate surface area is 161 Å². The van der Waals surface area contributed by atoms with E-state index < -0.39 is 0 Å². The van der Waals surface area contributed by atoms with E-state index in [-0.39, 0.29) is 24.0 Å². The van der Waals surface area contributed by atoms with Crippen LogP contribution in [0.15, 0.2) is 48.8 Å². The Bertz CT molecular complexity index is 955. The molecule has 1 N–H and O–H groups in total. The fourth-order valence-electron chi connectivity index (χ4n) is 3.10. The van der Waals surface area contributed by atoms with Crippen molar-refractivity contribution in [3.8, 4) is 11.3 Å². The summed E-state index contributed by atoms with van der Waals surface area (Å²) in [4.78, 5) is 22.9. The molecule has 0 bridgehead atoms. The van der Waals surface area contributed by atoms with Crippen LogP contribution in [0.4, 0.5) is 10.2 Å². The zero-order chi connectivity index (χ0) is 19.3. The molecule has 1 aliphatic heterocycles. The third kappa shape index (κ3) is 4.11. The van der Waals surface area contributed by atoms with Crippen molar-refractivity contribution < 1.29 is 9.18 Å². The predicted octanol–water partition coefficient (Wildman–Crippen LogP) is 2.60. The van der Waals surface area contributed by atoms with Gasteiger partial charge in [0.2, 0.25) is 0 Å². The van der Waals surface area contributed by atoms with Crippen LogP contribution in [0.3, 0.4) is 0 Å². The summed E-state index contributed by atoms with van der Waals surface area (Å²) in [5.41, 5.74) is 2.34. The number of carbonyl (C=O) groups is 1. The van der Waals surface area contributed by atoms with Gasteiger partial charge in [-0.05, 0) is 55.3 Å². The fourth-order valence-corrected chi connectivity index (χ4v) is 3.10. The Kier molecular flexibility index (Phi) is 5.18. The number of nitrogens with zero attached hydrogens (tertiary/aromatic N) is 5. The number of carbonyl (C=O) groups excluding carboxylic acids is 1. The molecule has 0 unspecified atom stereocenters. The van der Waals surface area contributed by atoms with Gasteiger partial charge in [0.25, 0.3) is 5.91 Å². The molecule has 8 heteroatoms. The molecular weight excluding hydrogens is 359 g/mol. The van der Waals surface area contributed by atoms with Crippen molar-refractivity contribution >= 4 is 11.7 Å². The van der Waals surface area contributed by atoms with E-state index in [9.17, 15) is 9.18 Å². The summed E-state index contributed by atoms with van der Waals surface area (Å²) in [5.74, 6) is 0.179. The lowest BCUT2D eigenvalue weighted by molar-refractivity contribution is 0.0944. The van der Waals surface area contributed by atoms with Crippen molar-refractivity contribution in [2.75, 3.05) is 18.0 Å². The number of amides is 1. The van der Waals surface area contributed by atoms with Crippen molar-refractivity contribution in [2.45, 2.75) is 19.4 Å². The Morgan fingerprint density at radius 1 is 1.04 bits per heavy atom. The molecule has 0 radical (unpaired) electrons. The summed E-state index contributed by atoms with van der Waals surface area (Å²) >= 11 is 0. The van der Waals surface area contributed by atoms with Crippen molar-refractivity contribution in [1.82, 2.24) is 25.5 Å². The zero-order valence-corrected chi connectivity index (χ0v) is 15.2. The van der Waals surface area contributed by atoms with Gasteiger partial charge < -0.3 is 10.2 Å². The molecule has 7 nitrogen and oxygen atoms in total. The van der Waals surface area contributed by atoms with Gasteiger partial charge in [-0.1, -0.05) is 0 Å². The zero-order valence-electron chi connectivity index (χ0n) is 15.2. The Morgan fingerprint density at radius 3 is 2.54 bits per heavy atom. The quantitative estimate of drug-likeness (QED) is 0.735. The first-order chi connectivity index (χ1) is 13.7. The SMILES string of the molecule is O=C(NCc1cc(-c2ccc(F)cc2)ncn1)c1ccc(N2CCCC2)nn1. The van der Waals surface area contributed by atoms with Gasteiger partial charge in [0.15, 0.2) is 11.5 Å². The second-order valence-corrected chi connectivity index (χ2v) is 6.56. The predicted molar refractivity (Wildman–Crippen MR) is 102 cm³/mol. The highest BCUT2D eigenvalue weighted by molar-refractivity contribution is 5.92. The van der Waals surface area contributed by atoms with E-state index >= 15 is 0 Å². The first-order valence-electron chi connectivity index (χ1n) is 9.13. The summed E-state index contributed by atoms with van der Waals surface area (Å²) in [6, 6.07) is 11.3. The largest absolute Gasteiger partial charge is 0.355 e. The average molecular weight is 378 g/mol. The molecule has 0 aliphatic carbocycles. The van der Waals surface area contributed by atoms with Gasteiger partial charge in [0, 0.05) is 18.7 Å². The lowest BCUT2D eigenvalue weighted by Crippen LogP contribution is -2.25. The highest BCUT2D eigenvalue weighted by Crippen LogP contribution is 2.18. The fraction of sp³-hybridized carbons (Fsp3) is 0.250. The third-order valence-electron chi connectivity index (χ3n) is 4.61. The first-order valence-corrected chi connectivity index (χ1v) is 9.13. The summed E-state index contributed by atoms with van der Waals surface area (Å²) in [6.07, 6.45) is 3.73. The number of halogens is 1. The molecule has 1 saturated heterocycles. The van der Waals surface area contributed by atoms with E-state index in [2.05, 4.69) is 30.4 Å². The van der Waals surface area contributed by atoms with Gasteiger partial charge >= 0.3 is 0 Å². The monoisotopic (exact) mass is 378 g/mol. The summed E-state index contributed by atoms with van der Waals surface area (Å²) < 4.78 is 13.1. The van der Waals surface area contributed by atoms with Crippen LogP contribution in [0.1, 0.15) is 29.0 Å². The highest BCUT2D eigenvalue weighted by Gasteiger charge is 2.15. The molecule has 28 heavy (non-hydrogen) atoms. The minimum Gasteiger partial charge on any atom is -0.355 e. The Morgan fingerprint density at radius 2 is 1.82 bits per heavy atom. The second kappa shape index (κ2) is 8.08. The van der Waals surface area contributed by atoms with Crippen LogP contribution in [0.5, 0.6) is 0 Å². The van der Waals surface area contributed by atoms with Crippen LogP contribution in [0, 0.1) is 5.82 Å². The first kappa shape index (κ1) is 18.0. The van der Waals surface area contributed by atoms with E-state index in [4.69, 9.17) is 0 Å². The van der Waals surface area contributed by atoms with Gasteiger partial charge in [-0.15, -0.1) is 10.2 Å². The van der Waals surface area contributed by atoms with E-state index in [1.54, 1.807) is 24.3 Å². The Hall–Kier alpha value is -3.42. The summed E-state index contributed by atoms with van der Waals surface area (Å²) in [5, 5.41) is 11.0. The molecule has 0 atom stereocenters. The molecular formula is C20H19FN6O. The minimum atomic E-state index is -0.317. The summed E-state index contributed by atoms with van der Waals surface area (Å²) in [7, 11) is 0. The number of benzene rings is 1. The topological polar surface area (TPSA) is 83.9 Å².